The lowest BCUT2D eigenvalue weighted by molar-refractivity contribution is 0.0898. The van der Waals surface area contributed by atoms with Crippen LogP contribution in [0.1, 0.15) is 37.2 Å². The molecule has 1 heterocycles. The largest absolute Gasteiger partial charge is 0.344 e. The van der Waals surface area contributed by atoms with Crippen molar-refractivity contribution >= 4 is 33.4 Å². The van der Waals surface area contributed by atoms with E-state index in [4.69, 9.17) is 0 Å². The fraction of sp³-hybridized carbons (Fsp3) is 0.667. The van der Waals surface area contributed by atoms with E-state index < -0.39 is 0 Å². The van der Waals surface area contributed by atoms with E-state index in [1.807, 2.05) is 0 Å². The molecule has 0 bridgehead atoms. The van der Waals surface area contributed by atoms with Gasteiger partial charge in [-0.15, -0.1) is 5.10 Å². The predicted octanol–water partition coefficient (Wildman–Crippen LogP) is 2.22. The van der Waals surface area contributed by atoms with Gasteiger partial charge in [0.05, 0.1) is 0 Å². The van der Waals surface area contributed by atoms with Gasteiger partial charge < -0.3 is 5.32 Å². The van der Waals surface area contributed by atoms with E-state index in [2.05, 4.69) is 44.7 Å². The highest BCUT2D eigenvalue weighted by atomic mass is 79.9. The standard InChI is InChI=1S/C9H14BrN3OS/c1-3-9(4-2,6-10)11-8(14)7-5-15-13-12-7/h5H,3-4,6H2,1-2H3,(H,11,14). The zero-order chi connectivity index (χ0) is 11.3. The normalized spacial score (nSPS) is 11.4. The summed E-state index contributed by atoms with van der Waals surface area (Å²) in [5.74, 6) is -0.146. The summed E-state index contributed by atoms with van der Waals surface area (Å²) in [7, 11) is 0. The van der Waals surface area contributed by atoms with Crippen molar-refractivity contribution < 1.29 is 4.79 Å². The first-order valence-electron chi connectivity index (χ1n) is 4.83. The van der Waals surface area contributed by atoms with Crippen molar-refractivity contribution in [2.45, 2.75) is 32.2 Å². The second-order valence-electron chi connectivity index (χ2n) is 3.37. The molecule has 0 aromatic carbocycles. The molecule has 4 nitrogen and oxygen atoms in total. The number of hydrogen-bond donors (Lipinski definition) is 1. The number of rotatable bonds is 5. The van der Waals surface area contributed by atoms with Crippen molar-refractivity contribution in [3.8, 4) is 0 Å². The van der Waals surface area contributed by atoms with Crippen LogP contribution in [0.3, 0.4) is 0 Å². The highest BCUT2D eigenvalue weighted by Gasteiger charge is 2.27. The number of halogens is 1. The lowest BCUT2D eigenvalue weighted by atomic mass is 9.95. The van der Waals surface area contributed by atoms with Gasteiger partial charge >= 0.3 is 0 Å². The minimum Gasteiger partial charge on any atom is -0.344 e. The van der Waals surface area contributed by atoms with Crippen molar-refractivity contribution in [3.05, 3.63) is 11.1 Å². The molecule has 0 radical (unpaired) electrons. The first-order chi connectivity index (χ1) is 7.17. The van der Waals surface area contributed by atoms with Crippen molar-refractivity contribution in [2.75, 3.05) is 5.33 Å². The van der Waals surface area contributed by atoms with Gasteiger partial charge in [-0.2, -0.15) is 0 Å². The molecule has 6 heteroatoms. The second-order valence-corrected chi connectivity index (χ2v) is 4.54. The second kappa shape index (κ2) is 5.55. The zero-order valence-corrected chi connectivity index (χ0v) is 11.2. The Morgan fingerprint density at radius 3 is 2.67 bits per heavy atom. The predicted molar refractivity (Wildman–Crippen MR) is 64.5 cm³/mol. The summed E-state index contributed by atoms with van der Waals surface area (Å²) < 4.78 is 3.67. The lowest BCUT2D eigenvalue weighted by Gasteiger charge is -2.30. The average molecular weight is 292 g/mol. The minimum absolute atomic E-state index is 0.146. The number of carbonyl (C=O) groups excluding carboxylic acids is 1. The quantitative estimate of drug-likeness (QED) is 0.847. The van der Waals surface area contributed by atoms with Gasteiger partial charge in [-0.3, -0.25) is 4.79 Å². The Hall–Kier alpha value is -0.490. The van der Waals surface area contributed by atoms with Crippen LogP contribution < -0.4 is 5.32 Å². The Kier molecular flexibility index (Phi) is 4.66. The van der Waals surface area contributed by atoms with Crippen LogP contribution in [0.25, 0.3) is 0 Å². The number of amides is 1. The molecule has 0 aliphatic rings. The fourth-order valence-electron chi connectivity index (χ4n) is 1.22. The number of alkyl halides is 1. The van der Waals surface area contributed by atoms with Crippen LogP contribution >= 0.6 is 27.5 Å². The Morgan fingerprint density at radius 2 is 2.27 bits per heavy atom. The van der Waals surface area contributed by atoms with E-state index in [-0.39, 0.29) is 11.4 Å². The van der Waals surface area contributed by atoms with Crippen molar-refractivity contribution in [1.82, 2.24) is 14.9 Å². The number of hydrogen-bond acceptors (Lipinski definition) is 4. The number of nitrogens with one attached hydrogen (secondary N) is 1. The molecule has 0 atom stereocenters. The van der Waals surface area contributed by atoms with Gasteiger partial charge in [0.2, 0.25) is 0 Å². The Labute approximate surface area is 102 Å². The maximum atomic E-state index is 11.8. The molecule has 15 heavy (non-hydrogen) atoms. The SMILES string of the molecule is CCC(CC)(CBr)NC(=O)c1csnn1. The Bertz CT molecular complexity index is 303. The molecular formula is C9H14BrN3OS. The van der Waals surface area contributed by atoms with E-state index in [1.54, 1.807) is 5.38 Å². The Balaban J connectivity index is 2.71. The molecule has 0 aliphatic carbocycles. The third-order valence-corrected chi connectivity index (χ3v) is 4.16. The van der Waals surface area contributed by atoms with Crippen molar-refractivity contribution in [3.63, 3.8) is 0 Å². The van der Waals surface area contributed by atoms with Crippen LogP contribution in [0.2, 0.25) is 0 Å². The summed E-state index contributed by atoms with van der Waals surface area (Å²) in [4.78, 5) is 11.8. The summed E-state index contributed by atoms with van der Waals surface area (Å²) >= 11 is 4.62. The molecule has 1 rings (SSSR count). The number of aromatic nitrogens is 2. The topological polar surface area (TPSA) is 54.9 Å². The van der Waals surface area contributed by atoms with E-state index in [0.717, 1.165) is 18.2 Å². The van der Waals surface area contributed by atoms with Crippen molar-refractivity contribution in [1.29, 1.82) is 0 Å². The van der Waals surface area contributed by atoms with Crippen LogP contribution in [0.4, 0.5) is 0 Å². The Morgan fingerprint density at radius 1 is 1.60 bits per heavy atom. The molecule has 1 amide bonds. The van der Waals surface area contributed by atoms with Gasteiger partial charge in [-0.1, -0.05) is 34.3 Å². The van der Waals surface area contributed by atoms with Gasteiger partial charge in [-0.05, 0) is 24.4 Å². The molecule has 0 unspecified atom stereocenters. The van der Waals surface area contributed by atoms with Crippen LogP contribution in [-0.4, -0.2) is 26.4 Å². The lowest BCUT2D eigenvalue weighted by Crippen LogP contribution is -2.49. The van der Waals surface area contributed by atoms with Crippen LogP contribution in [0, 0.1) is 0 Å². The van der Waals surface area contributed by atoms with E-state index in [1.165, 1.54) is 11.5 Å². The summed E-state index contributed by atoms with van der Waals surface area (Å²) in [6.45, 7) is 4.12. The third kappa shape index (κ3) is 2.98. The van der Waals surface area contributed by atoms with Gasteiger partial charge in [0.15, 0.2) is 5.69 Å². The monoisotopic (exact) mass is 291 g/mol. The fourth-order valence-corrected chi connectivity index (χ4v) is 2.59. The first-order valence-corrected chi connectivity index (χ1v) is 6.78. The van der Waals surface area contributed by atoms with E-state index >= 15 is 0 Å². The highest BCUT2D eigenvalue weighted by Crippen LogP contribution is 2.18. The maximum absolute atomic E-state index is 11.8. The summed E-state index contributed by atoms with van der Waals surface area (Å²) in [5.41, 5.74) is 0.216. The molecule has 0 saturated carbocycles. The number of nitrogens with zero attached hydrogens (tertiary/aromatic N) is 2. The smallest absolute Gasteiger partial charge is 0.273 e. The summed E-state index contributed by atoms with van der Waals surface area (Å²) in [5, 5.41) is 9.14. The average Bonchev–Trinajstić information content (AvgIpc) is 2.79. The number of carbonyl (C=O) groups is 1. The zero-order valence-electron chi connectivity index (χ0n) is 8.79. The first kappa shape index (κ1) is 12.6. The minimum atomic E-state index is -0.180. The van der Waals surface area contributed by atoms with Crippen LogP contribution in [-0.2, 0) is 0 Å². The molecule has 1 aromatic heterocycles. The molecule has 0 spiro atoms. The highest BCUT2D eigenvalue weighted by molar-refractivity contribution is 9.09. The molecule has 0 fully saturated rings. The van der Waals surface area contributed by atoms with Crippen LogP contribution in [0.5, 0.6) is 0 Å². The summed E-state index contributed by atoms with van der Waals surface area (Å²) in [6, 6.07) is 0. The maximum Gasteiger partial charge on any atom is 0.273 e. The van der Waals surface area contributed by atoms with Gasteiger partial charge in [0, 0.05) is 16.2 Å². The molecule has 1 aromatic rings. The van der Waals surface area contributed by atoms with Crippen LogP contribution in [0.15, 0.2) is 5.38 Å². The molecule has 84 valence electrons. The third-order valence-electron chi connectivity index (χ3n) is 2.58. The molecule has 0 saturated heterocycles. The molecule has 0 aliphatic heterocycles. The van der Waals surface area contributed by atoms with Crippen molar-refractivity contribution in [2.24, 2.45) is 0 Å². The summed E-state index contributed by atoms with van der Waals surface area (Å²) in [6.07, 6.45) is 1.77. The molecule has 1 N–H and O–H groups in total. The van der Waals surface area contributed by atoms with Gasteiger partial charge in [0.1, 0.15) is 0 Å². The van der Waals surface area contributed by atoms with E-state index in [9.17, 15) is 4.79 Å². The molecular weight excluding hydrogens is 278 g/mol. The van der Waals surface area contributed by atoms with Gasteiger partial charge in [-0.25, -0.2) is 0 Å². The van der Waals surface area contributed by atoms with Gasteiger partial charge in [0.25, 0.3) is 5.91 Å². The van der Waals surface area contributed by atoms with E-state index in [0.29, 0.717) is 5.69 Å².